The van der Waals surface area contributed by atoms with Crippen LogP contribution in [0.1, 0.15) is 0 Å². The quantitative estimate of drug-likeness (QED) is 0.225. The van der Waals surface area contributed by atoms with Gasteiger partial charge < -0.3 is 28.8 Å². The summed E-state index contributed by atoms with van der Waals surface area (Å²) in [6.07, 6.45) is 0. The van der Waals surface area contributed by atoms with E-state index in [9.17, 15) is 0 Å². The van der Waals surface area contributed by atoms with Crippen molar-refractivity contribution in [2.45, 2.75) is 0 Å². The van der Waals surface area contributed by atoms with Gasteiger partial charge in [-0.15, -0.1) is 0 Å². The van der Waals surface area contributed by atoms with Crippen LogP contribution in [0, 0.1) is 0 Å². The van der Waals surface area contributed by atoms with E-state index in [1.165, 1.54) is 0 Å². The Labute approximate surface area is 214 Å². The second-order valence-corrected chi connectivity index (χ2v) is 2.54. The van der Waals surface area contributed by atoms with E-state index in [0.29, 0.717) is 0 Å². The first kappa shape index (κ1) is 49.7. The van der Waals surface area contributed by atoms with Crippen molar-refractivity contribution in [1.29, 1.82) is 0 Å². The number of hydrogen-bond donors (Lipinski definition) is 6. The van der Waals surface area contributed by atoms with Crippen LogP contribution in [0.4, 0.5) is 0 Å². The predicted octanol–water partition coefficient (Wildman–Crippen LogP) is -8.62. The van der Waals surface area contributed by atoms with Gasteiger partial charge in [-0.3, -0.25) is 13.4 Å². The van der Waals surface area contributed by atoms with Crippen LogP contribution in [-0.2, 0) is 13.4 Å². The van der Waals surface area contributed by atoms with Crippen molar-refractivity contribution in [3.05, 3.63) is 0 Å². The number of rotatable bonds is 0. The van der Waals surface area contributed by atoms with Gasteiger partial charge in [-0.1, -0.05) is 0 Å². The first-order valence-corrected chi connectivity index (χ1v) is 5.86. The van der Waals surface area contributed by atoms with Crippen LogP contribution in [0.2, 0.25) is 0 Å². The summed E-state index contributed by atoms with van der Waals surface area (Å²) in [4.78, 5) is 42.9. The second-order valence-electron chi connectivity index (χ2n) is 0.848. The molecule has 0 heterocycles. The van der Waals surface area contributed by atoms with E-state index in [1.54, 1.807) is 0 Å². The van der Waals surface area contributed by atoms with E-state index < -0.39 is 27.5 Å². The van der Waals surface area contributed by atoms with Crippen LogP contribution in [-0.4, -0.2) is 206 Å². The summed E-state index contributed by atoms with van der Waals surface area (Å²) in [5.41, 5.74) is 0. The molecule has 0 aromatic heterocycles. The molecule has 0 atom stereocenters. The maximum atomic E-state index is 8.74. The van der Waals surface area contributed by atoms with Gasteiger partial charge in [0.05, 0.1) is 0 Å². The molecule has 0 aromatic carbocycles. The van der Waals surface area contributed by atoms with Crippen LogP contribution >= 0.6 is 0 Å². The molecule has 17 heavy (non-hydrogen) atoms. The van der Waals surface area contributed by atoms with Crippen molar-refractivity contribution < 1.29 is 42.2 Å². The van der Waals surface area contributed by atoms with Crippen LogP contribution < -0.4 is 0 Å². The Hall–Kier alpha value is 3.88. The molecule has 17 heteroatoms. The molecular weight excluding hydrogens is 362 g/mol. The molecular formula is H13CaMgNa3O9Si3. The molecule has 0 aliphatic rings. The topological polar surface area (TPSA) is 173 Å². The van der Waals surface area contributed by atoms with Gasteiger partial charge in [0.2, 0.25) is 0 Å². The third-order valence-electron chi connectivity index (χ3n) is 0. The van der Waals surface area contributed by atoms with E-state index >= 15 is 0 Å². The Bertz CT molecular complexity index is 129. The fourth-order valence-electron chi connectivity index (χ4n) is 0. The number of hydrogen-bond acceptors (Lipinski definition) is 3. The Balaban J connectivity index is -0.0000000104. The van der Waals surface area contributed by atoms with Crippen molar-refractivity contribution in [2.75, 3.05) is 0 Å². The van der Waals surface area contributed by atoms with Crippen molar-refractivity contribution in [1.82, 2.24) is 0 Å². The van der Waals surface area contributed by atoms with Crippen LogP contribution in [0.25, 0.3) is 0 Å². The first-order valence-electron chi connectivity index (χ1n) is 1.95. The normalized spacial score (nSPS) is 4.24. The minimum atomic E-state index is -3.13. The molecule has 0 fully saturated rings. The first-order chi connectivity index (χ1) is 5.20. The van der Waals surface area contributed by atoms with Crippen molar-refractivity contribution in [3.63, 3.8) is 0 Å². The summed E-state index contributed by atoms with van der Waals surface area (Å²) in [6.45, 7) is 0. The molecule has 6 N–H and O–H groups in total. The molecule has 0 aromatic rings. The van der Waals surface area contributed by atoms with Gasteiger partial charge in [-0.2, -0.15) is 0 Å². The van der Waals surface area contributed by atoms with Gasteiger partial charge in [0.1, 0.15) is 0 Å². The Morgan fingerprint density at radius 1 is 0.529 bits per heavy atom. The minimum absolute atomic E-state index is 0. The molecule has 0 aliphatic heterocycles. The summed E-state index contributed by atoms with van der Waals surface area (Å²) in [5, 5.41) is 0. The molecule has 0 bridgehead atoms. The Kier molecular flexibility index (Phi) is 125. The average Bonchev–Trinajstić information content (AvgIpc) is 1.54. The second kappa shape index (κ2) is 42.7. The summed E-state index contributed by atoms with van der Waals surface area (Å²) in [5.74, 6) is 0. The zero-order chi connectivity index (χ0) is 10.7. The van der Waals surface area contributed by atoms with Crippen molar-refractivity contribution in [3.8, 4) is 0 Å². The van der Waals surface area contributed by atoms with Gasteiger partial charge in [0.15, 0.2) is 0 Å². The summed E-state index contributed by atoms with van der Waals surface area (Å²) in [7, 11) is -9.39. The molecule has 0 spiro atoms. The molecule has 0 unspecified atom stereocenters. The van der Waals surface area contributed by atoms with Crippen molar-refractivity contribution in [2.24, 2.45) is 0 Å². The molecule has 86 valence electrons. The molecule has 0 saturated heterocycles. The third kappa shape index (κ3) is 423. The molecule has 0 amide bonds. The molecule has 0 radical (unpaired) electrons. The standard InChI is InChI=1S/Ca.Mg.3Na.3H2O3Si.7H/c;;;;;3*1-4(2)3;;;;;;;/h;;;;;3*1-2H;;;;;;;. The summed E-state index contributed by atoms with van der Waals surface area (Å²) < 4.78 is 26.2. The summed E-state index contributed by atoms with van der Waals surface area (Å²) >= 11 is 0. The Morgan fingerprint density at radius 3 is 0.529 bits per heavy atom. The fourth-order valence-corrected chi connectivity index (χ4v) is 0. The average molecular weight is 375 g/mol. The predicted molar refractivity (Wildman–Crippen MR) is 71.2 cm³/mol. The van der Waals surface area contributed by atoms with Crippen LogP contribution in [0.15, 0.2) is 0 Å². The van der Waals surface area contributed by atoms with E-state index in [1.807, 2.05) is 0 Å². The fraction of sp³-hybridized carbons (Fsp3) is 0. The molecule has 0 saturated carbocycles. The van der Waals surface area contributed by atoms with Gasteiger partial charge >= 0.3 is 177 Å². The van der Waals surface area contributed by atoms with E-state index in [4.69, 9.17) is 42.2 Å². The third-order valence-corrected chi connectivity index (χ3v) is 0. The summed E-state index contributed by atoms with van der Waals surface area (Å²) in [6, 6.07) is 0. The van der Waals surface area contributed by atoms with Crippen LogP contribution in [0.5, 0.6) is 0 Å². The van der Waals surface area contributed by atoms with E-state index in [-0.39, 0.29) is 149 Å². The van der Waals surface area contributed by atoms with Gasteiger partial charge in [-0.05, 0) is 0 Å². The Morgan fingerprint density at radius 2 is 0.529 bits per heavy atom. The molecule has 9 nitrogen and oxygen atoms in total. The zero-order valence-corrected chi connectivity index (χ0v) is 8.41. The van der Waals surface area contributed by atoms with E-state index in [2.05, 4.69) is 0 Å². The van der Waals surface area contributed by atoms with Gasteiger partial charge in [0.25, 0.3) is 0 Å². The monoisotopic (exact) mass is 374 g/mol. The van der Waals surface area contributed by atoms with Gasteiger partial charge in [0, 0.05) is 0 Å². The van der Waals surface area contributed by atoms with Crippen LogP contribution in [0.3, 0.4) is 0 Å². The maximum absolute atomic E-state index is 8.74. The SMILES string of the molecule is O=[Si](O)O.O=[Si](O)O.O=[Si](O)O.[CaH2].[MgH2].[NaH].[NaH].[NaH]. The molecule has 0 aliphatic carbocycles. The molecule has 0 rings (SSSR count). The van der Waals surface area contributed by atoms with Crippen molar-refractivity contribution >= 4 is 177 Å². The van der Waals surface area contributed by atoms with Gasteiger partial charge in [-0.25, -0.2) is 0 Å². The zero-order valence-electron chi connectivity index (χ0n) is 5.41. The van der Waals surface area contributed by atoms with E-state index in [0.717, 1.165) is 0 Å².